The van der Waals surface area contributed by atoms with Gasteiger partial charge in [0.25, 0.3) is 0 Å². The molecule has 116 valence electrons. The van der Waals surface area contributed by atoms with E-state index in [4.69, 9.17) is 0 Å². The lowest BCUT2D eigenvalue weighted by Crippen LogP contribution is -2.26. The molecular formula is C15H24N4OS. The van der Waals surface area contributed by atoms with Crippen LogP contribution in [-0.4, -0.2) is 44.4 Å². The maximum atomic E-state index is 9.56. The van der Waals surface area contributed by atoms with Crippen LogP contribution in [0.5, 0.6) is 0 Å². The number of nitrogens with zero attached hydrogens (tertiary/aromatic N) is 3. The summed E-state index contributed by atoms with van der Waals surface area (Å²) in [4.78, 5) is 4.66. The van der Waals surface area contributed by atoms with Gasteiger partial charge in [-0.2, -0.15) is 21.4 Å². The third kappa shape index (κ3) is 3.49. The molecule has 0 spiro atoms. The fraction of sp³-hybridized carbons (Fsp3) is 0.600. The molecule has 0 aliphatic rings. The average molecular weight is 308 g/mol. The Kier molecular flexibility index (Phi) is 5.47. The molecule has 6 heteroatoms. The van der Waals surface area contributed by atoms with Crippen molar-refractivity contribution in [3.63, 3.8) is 0 Å². The number of nitrogens with one attached hydrogen (secondary N) is 1. The van der Waals surface area contributed by atoms with Gasteiger partial charge in [0, 0.05) is 17.3 Å². The standard InChI is InChI=1S/C15H24N4OS/c1-5-12-8-14(16-13(9-20)6-7-21-4)19-15(17-12)10(2)11(3)18-19/h8,13,16,20H,5-7,9H2,1-4H3. The third-order valence-corrected chi connectivity index (χ3v) is 4.36. The Morgan fingerprint density at radius 2 is 2.19 bits per heavy atom. The highest BCUT2D eigenvalue weighted by Crippen LogP contribution is 2.20. The summed E-state index contributed by atoms with van der Waals surface area (Å²) >= 11 is 1.79. The summed E-state index contributed by atoms with van der Waals surface area (Å²) in [6.45, 7) is 6.26. The van der Waals surface area contributed by atoms with E-state index in [0.29, 0.717) is 0 Å². The maximum absolute atomic E-state index is 9.56. The van der Waals surface area contributed by atoms with Gasteiger partial charge >= 0.3 is 0 Å². The molecule has 0 amide bonds. The highest BCUT2D eigenvalue weighted by molar-refractivity contribution is 7.98. The van der Waals surface area contributed by atoms with E-state index < -0.39 is 0 Å². The number of fused-ring (bicyclic) bond motifs is 1. The summed E-state index contributed by atoms with van der Waals surface area (Å²) < 4.78 is 1.85. The number of aliphatic hydroxyl groups excluding tert-OH is 1. The molecule has 0 aliphatic heterocycles. The van der Waals surface area contributed by atoms with Gasteiger partial charge in [-0.25, -0.2) is 4.98 Å². The number of aromatic nitrogens is 3. The van der Waals surface area contributed by atoms with E-state index in [0.717, 1.165) is 47.0 Å². The quantitative estimate of drug-likeness (QED) is 0.822. The number of aryl methyl sites for hydroxylation is 3. The lowest BCUT2D eigenvalue weighted by molar-refractivity contribution is 0.272. The summed E-state index contributed by atoms with van der Waals surface area (Å²) in [5.41, 5.74) is 4.03. The van der Waals surface area contributed by atoms with Crippen LogP contribution in [0.1, 0.15) is 30.3 Å². The monoisotopic (exact) mass is 308 g/mol. The van der Waals surface area contributed by atoms with Crippen molar-refractivity contribution in [2.24, 2.45) is 0 Å². The minimum Gasteiger partial charge on any atom is -0.394 e. The Hall–Kier alpha value is -1.27. The molecular weight excluding hydrogens is 284 g/mol. The number of hydrogen-bond donors (Lipinski definition) is 2. The predicted molar refractivity (Wildman–Crippen MR) is 89.3 cm³/mol. The fourth-order valence-electron chi connectivity index (χ4n) is 2.24. The molecule has 2 aromatic heterocycles. The van der Waals surface area contributed by atoms with Crippen LogP contribution in [0.4, 0.5) is 5.82 Å². The number of thioether (sulfide) groups is 1. The fourth-order valence-corrected chi connectivity index (χ4v) is 2.76. The summed E-state index contributed by atoms with van der Waals surface area (Å²) in [5.74, 6) is 1.93. The van der Waals surface area contributed by atoms with E-state index in [1.165, 1.54) is 0 Å². The van der Waals surface area contributed by atoms with Crippen molar-refractivity contribution in [3.8, 4) is 0 Å². The van der Waals surface area contributed by atoms with Gasteiger partial charge in [0.15, 0.2) is 5.65 Å². The Morgan fingerprint density at radius 1 is 1.43 bits per heavy atom. The van der Waals surface area contributed by atoms with Gasteiger partial charge in [-0.05, 0) is 38.7 Å². The van der Waals surface area contributed by atoms with Gasteiger partial charge < -0.3 is 10.4 Å². The van der Waals surface area contributed by atoms with E-state index in [1.807, 2.05) is 24.4 Å². The van der Waals surface area contributed by atoms with Crippen LogP contribution in [0.15, 0.2) is 6.07 Å². The lowest BCUT2D eigenvalue weighted by atomic mass is 10.2. The summed E-state index contributed by atoms with van der Waals surface area (Å²) in [6.07, 6.45) is 3.88. The molecule has 2 heterocycles. The van der Waals surface area contributed by atoms with E-state index in [2.05, 4.69) is 28.6 Å². The van der Waals surface area contributed by atoms with Gasteiger partial charge in [-0.1, -0.05) is 6.92 Å². The summed E-state index contributed by atoms with van der Waals surface area (Å²) in [5, 5.41) is 17.5. The van der Waals surface area contributed by atoms with Crippen LogP contribution in [0, 0.1) is 13.8 Å². The molecule has 1 unspecified atom stereocenters. The third-order valence-electron chi connectivity index (χ3n) is 3.71. The smallest absolute Gasteiger partial charge is 0.160 e. The molecule has 2 aromatic rings. The van der Waals surface area contributed by atoms with Crippen molar-refractivity contribution in [1.82, 2.24) is 14.6 Å². The molecule has 2 N–H and O–H groups in total. The SMILES string of the molecule is CCc1cc(NC(CO)CCSC)n2nc(C)c(C)c2n1. The topological polar surface area (TPSA) is 62.5 Å². The molecule has 5 nitrogen and oxygen atoms in total. The van der Waals surface area contributed by atoms with Crippen LogP contribution in [-0.2, 0) is 6.42 Å². The molecule has 2 rings (SSSR count). The molecule has 0 bridgehead atoms. The van der Waals surface area contributed by atoms with Gasteiger partial charge in [-0.15, -0.1) is 0 Å². The second-order valence-corrected chi connectivity index (χ2v) is 6.22. The lowest BCUT2D eigenvalue weighted by Gasteiger charge is -2.18. The molecule has 0 fully saturated rings. The molecule has 1 atom stereocenters. The maximum Gasteiger partial charge on any atom is 0.160 e. The highest BCUT2D eigenvalue weighted by Gasteiger charge is 2.14. The van der Waals surface area contributed by atoms with E-state index in [-0.39, 0.29) is 12.6 Å². The molecule has 0 saturated carbocycles. The van der Waals surface area contributed by atoms with Crippen molar-refractivity contribution in [2.45, 2.75) is 39.7 Å². The van der Waals surface area contributed by atoms with Gasteiger partial charge in [0.1, 0.15) is 5.82 Å². The minimum atomic E-state index is 0.0394. The van der Waals surface area contributed by atoms with Gasteiger partial charge in [0.05, 0.1) is 18.3 Å². The van der Waals surface area contributed by atoms with Crippen molar-refractivity contribution in [2.75, 3.05) is 23.9 Å². The second-order valence-electron chi connectivity index (χ2n) is 5.24. The van der Waals surface area contributed by atoms with E-state index in [1.54, 1.807) is 11.8 Å². The highest BCUT2D eigenvalue weighted by atomic mass is 32.2. The Labute approximate surface area is 130 Å². The minimum absolute atomic E-state index is 0.0394. The Morgan fingerprint density at radius 3 is 2.81 bits per heavy atom. The number of anilines is 1. The summed E-state index contributed by atoms with van der Waals surface area (Å²) in [7, 11) is 0. The first-order valence-electron chi connectivity index (χ1n) is 7.32. The van der Waals surface area contributed by atoms with Crippen molar-refractivity contribution in [1.29, 1.82) is 0 Å². The first-order chi connectivity index (χ1) is 10.1. The number of rotatable bonds is 7. The van der Waals surface area contributed by atoms with Crippen LogP contribution in [0.2, 0.25) is 0 Å². The first kappa shape index (κ1) is 16.1. The molecule has 0 aromatic carbocycles. The normalized spacial score (nSPS) is 12.8. The number of hydrogen-bond acceptors (Lipinski definition) is 5. The van der Waals surface area contributed by atoms with Crippen LogP contribution < -0.4 is 5.32 Å². The summed E-state index contributed by atoms with van der Waals surface area (Å²) in [6, 6.07) is 2.07. The van der Waals surface area contributed by atoms with Gasteiger partial charge in [0.2, 0.25) is 0 Å². The average Bonchev–Trinajstić information content (AvgIpc) is 2.79. The second kappa shape index (κ2) is 7.13. The van der Waals surface area contributed by atoms with Crippen LogP contribution in [0.25, 0.3) is 5.65 Å². The Bertz CT molecular complexity index is 611. The largest absolute Gasteiger partial charge is 0.394 e. The molecule has 21 heavy (non-hydrogen) atoms. The molecule has 0 radical (unpaired) electrons. The zero-order valence-electron chi connectivity index (χ0n) is 13.2. The van der Waals surface area contributed by atoms with Crippen LogP contribution in [0.3, 0.4) is 0 Å². The number of aliphatic hydroxyl groups is 1. The van der Waals surface area contributed by atoms with Crippen molar-refractivity contribution < 1.29 is 5.11 Å². The van der Waals surface area contributed by atoms with E-state index in [9.17, 15) is 5.11 Å². The zero-order chi connectivity index (χ0) is 15.4. The van der Waals surface area contributed by atoms with Crippen molar-refractivity contribution >= 4 is 23.2 Å². The zero-order valence-corrected chi connectivity index (χ0v) is 14.0. The Balaban J connectivity index is 2.39. The molecule has 0 saturated heterocycles. The predicted octanol–water partition coefficient (Wildman–Crippen LogP) is 2.43. The van der Waals surface area contributed by atoms with E-state index >= 15 is 0 Å². The van der Waals surface area contributed by atoms with Crippen LogP contribution >= 0.6 is 11.8 Å². The van der Waals surface area contributed by atoms with Crippen molar-refractivity contribution in [3.05, 3.63) is 23.0 Å². The molecule has 0 aliphatic carbocycles. The first-order valence-corrected chi connectivity index (χ1v) is 8.72. The van der Waals surface area contributed by atoms with Gasteiger partial charge in [-0.3, -0.25) is 0 Å².